The molecule has 78 heavy (non-hydrogen) atoms. The van der Waals surface area contributed by atoms with E-state index in [9.17, 15) is 14.4 Å². The van der Waals surface area contributed by atoms with Crippen molar-refractivity contribution in [2.75, 3.05) is 13.2 Å². The number of carbonyl (C=O) groups is 3. The fraction of sp³-hybridized carbons (Fsp3) is 0.736. The van der Waals surface area contributed by atoms with Gasteiger partial charge in [-0.15, -0.1) is 0 Å². The fourth-order valence-corrected chi connectivity index (χ4v) is 9.33. The van der Waals surface area contributed by atoms with Gasteiger partial charge in [-0.25, -0.2) is 0 Å². The summed E-state index contributed by atoms with van der Waals surface area (Å²) in [5, 5.41) is 0. The number of allylic oxidation sites excluding steroid dienone is 16. The highest BCUT2D eigenvalue weighted by atomic mass is 16.6. The quantitative estimate of drug-likeness (QED) is 0.0261. The van der Waals surface area contributed by atoms with E-state index in [1.165, 1.54) is 161 Å². The highest BCUT2D eigenvalue weighted by molar-refractivity contribution is 5.71. The lowest BCUT2D eigenvalue weighted by molar-refractivity contribution is -0.167. The van der Waals surface area contributed by atoms with Crippen LogP contribution in [0.1, 0.15) is 323 Å². The van der Waals surface area contributed by atoms with Gasteiger partial charge in [0.2, 0.25) is 0 Å². The van der Waals surface area contributed by atoms with Crippen LogP contribution in [-0.2, 0) is 28.6 Å². The summed E-state index contributed by atoms with van der Waals surface area (Å²) in [4.78, 5) is 38.3. The number of esters is 3. The summed E-state index contributed by atoms with van der Waals surface area (Å²) < 4.78 is 16.9. The minimum Gasteiger partial charge on any atom is -0.462 e. The van der Waals surface area contributed by atoms with E-state index in [1.54, 1.807) is 0 Å². The van der Waals surface area contributed by atoms with Crippen LogP contribution in [0.25, 0.3) is 0 Å². The first-order chi connectivity index (χ1) is 38.5. The van der Waals surface area contributed by atoms with E-state index >= 15 is 0 Å². The number of hydrogen-bond donors (Lipinski definition) is 0. The molecule has 0 saturated heterocycles. The minimum absolute atomic E-state index is 0.0836. The molecule has 0 aromatic rings. The van der Waals surface area contributed by atoms with Crippen LogP contribution in [0.2, 0.25) is 0 Å². The molecule has 0 saturated carbocycles. The molecule has 1 unspecified atom stereocenters. The average molecular weight is 1090 g/mol. The predicted octanol–water partition coefficient (Wildman–Crippen LogP) is 22.8. The van der Waals surface area contributed by atoms with Gasteiger partial charge < -0.3 is 14.2 Å². The van der Waals surface area contributed by atoms with E-state index < -0.39 is 6.10 Å². The van der Waals surface area contributed by atoms with Crippen LogP contribution in [0.4, 0.5) is 0 Å². The third-order valence-corrected chi connectivity index (χ3v) is 14.3. The van der Waals surface area contributed by atoms with Crippen molar-refractivity contribution in [2.24, 2.45) is 0 Å². The van der Waals surface area contributed by atoms with Crippen LogP contribution >= 0.6 is 0 Å². The molecular formula is C72H124O6. The summed E-state index contributed by atoms with van der Waals surface area (Å²) in [5.41, 5.74) is 0. The highest BCUT2D eigenvalue weighted by Crippen LogP contribution is 2.17. The Labute approximate surface area is 483 Å². The minimum atomic E-state index is -0.788. The van der Waals surface area contributed by atoms with Gasteiger partial charge in [-0.2, -0.15) is 0 Å². The van der Waals surface area contributed by atoms with Gasteiger partial charge in [0.05, 0.1) is 0 Å². The summed E-state index contributed by atoms with van der Waals surface area (Å²) in [6.07, 6.45) is 88.6. The highest BCUT2D eigenvalue weighted by Gasteiger charge is 2.19. The fourth-order valence-electron chi connectivity index (χ4n) is 9.33. The van der Waals surface area contributed by atoms with E-state index in [1.807, 2.05) is 0 Å². The molecule has 0 aromatic heterocycles. The molecule has 0 rings (SSSR count). The standard InChI is InChI=1S/C72H124O6/c1-4-7-10-13-16-19-22-24-26-28-30-32-33-34-35-36-37-38-39-41-42-44-46-48-50-53-56-59-62-65-71(74)77-68-69(67-76-70(73)64-61-58-55-52-21-18-15-12-9-6-3)78-72(75)66-63-60-57-54-51-49-47-45-43-40-31-29-27-25-23-20-17-14-11-8-5-2/h7,10,12,15-16,19,23-26,29-32,43,45,69H,4-6,8-9,11,13-14,17-18,20-22,27-28,33-42,44,46-68H2,1-3H3/b10-7-,15-12-,19-16-,25-23-,26-24-,31-29-,32-30-,45-43-. The predicted molar refractivity (Wildman–Crippen MR) is 339 cm³/mol. The zero-order valence-corrected chi connectivity index (χ0v) is 51.4. The average Bonchev–Trinajstić information content (AvgIpc) is 3.44. The van der Waals surface area contributed by atoms with Gasteiger partial charge in [0.15, 0.2) is 6.10 Å². The summed E-state index contributed by atoms with van der Waals surface area (Å²) >= 11 is 0. The van der Waals surface area contributed by atoms with Gasteiger partial charge in [0.1, 0.15) is 13.2 Å². The Balaban J connectivity index is 4.21. The number of rotatable bonds is 60. The number of carbonyl (C=O) groups excluding carboxylic acids is 3. The summed E-state index contributed by atoms with van der Waals surface area (Å²) in [7, 11) is 0. The van der Waals surface area contributed by atoms with Gasteiger partial charge in [0, 0.05) is 19.3 Å². The Hall–Kier alpha value is -3.67. The third-order valence-electron chi connectivity index (χ3n) is 14.3. The van der Waals surface area contributed by atoms with Crippen molar-refractivity contribution in [3.8, 4) is 0 Å². The van der Waals surface area contributed by atoms with Gasteiger partial charge in [-0.3, -0.25) is 14.4 Å². The van der Waals surface area contributed by atoms with E-state index in [0.717, 1.165) is 122 Å². The van der Waals surface area contributed by atoms with Crippen LogP contribution in [0.5, 0.6) is 0 Å². The Morgan fingerprint density at radius 3 is 0.846 bits per heavy atom. The van der Waals surface area contributed by atoms with Crippen molar-refractivity contribution in [1.29, 1.82) is 0 Å². The summed E-state index contributed by atoms with van der Waals surface area (Å²) in [5.74, 6) is -0.897. The maximum absolute atomic E-state index is 12.9. The molecule has 0 amide bonds. The van der Waals surface area contributed by atoms with Crippen molar-refractivity contribution in [2.45, 2.75) is 329 Å². The molecule has 0 N–H and O–H groups in total. The van der Waals surface area contributed by atoms with Crippen molar-refractivity contribution in [3.63, 3.8) is 0 Å². The first-order valence-electron chi connectivity index (χ1n) is 33.2. The lowest BCUT2D eigenvalue weighted by atomic mass is 10.0. The smallest absolute Gasteiger partial charge is 0.306 e. The first-order valence-corrected chi connectivity index (χ1v) is 33.2. The molecule has 0 fully saturated rings. The van der Waals surface area contributed by atoms with Crippen molar-refractivity contribution >= 4 is 17.9 Å². The SMILES string of the molecule is CC/C=C\C/C=C\C/C=C\C/C=C\CCCCCCCCCCCCCCCCCCC(=O)OCC(COC(=O)CCCCCCC/C=C\CCC)OC(=O)CCCCCCCC/C=C\C/C=C\C/C=C\CCCCCCC. The molecule has 0 heterocycles. The molecule has 0 aliphatic carbocycles. The normalized spacial score (nSPS) is 12.7. The van der Waals surface area contributed by atoms with E-state index in [-0.39, 0.29) is 31.1 Å². The number of ether oxygens (including phenoxy) is 3. The van der Waals surface area contributed by atoms with Crippen molar-refractivity contribution in [3.05, 3.63) is 97.2 Å². The van der Waals surface area contributed by atoms with Crippen LogP contribution in [0.3, 0.4) is 0 Å². The van der Waals surface area contributed by atoms with E-state index in [2.05, 4.69) is 118 Å². The van der Waals surface area contributed by atoms with Crippen molar-refractivity contribution in [1.82, 2.24) is 0 Å². The van der Waals surface area contributed by atoms with Crippen molar-refractivity contribution < 1.29 is 28.6 Å². The van der Waals surface area contributed by atoms with Crippen LogP contribution in [0.15, 0.2) is 97.2 Å². The maximum atomic E-state index is 12.9. The molecular weight excluding hydrogens is 961 g/mol. The molecule has 6 nitrogen and oxygen atoms in total. The van der Waals surface area contributed by atoms with Gasteiger partial charge >= 0.3 is 17.9 Å². The topological polar surface area (TPSA) is 78.9 Å². The second kappa shape index (κ2) is 65.8. The second-order valence-corrected chi connectivity index (χ2v) is 22.0. The lowest BCUT2D eigenvalue weighted by Gasteiger charge is -2.18. The molecule has 0 aliphatic rings. The zero-order chi connectivity index (χ0) is 56.4. The molecule has 0 aromatic carbocycles. The Morgan fingerprint density at radius 1 is 0.269 bits per heavy atom. The molecule has 0 aliphatic heterocycles. The Kier molecular flexibility index (Phi) is 62.7. The second-order valence-electron chi connectivity index (χ2n) is 22.0. The zero-order valence-electron chi connectivity index (χ0n) is 51.4. The molecule has 1 atom stereocenters. The summed E-state index contributed by atoms with van der Waals surface area (Å²) in [6, 6.07) is 0. The summed E-state index contributed by atoms with van der Waals surface area (Å²) in [6.45, 7) is 6.46. The monoisotopic (exact) mass is 1080 g/mol. The van der Waals surface area contributed by atoms with Gasteiger partial charge in [-0.05, 0) is 116 Å². The molecule has 0 radical (unpaired) electrons. The van der Waals surface area contributed by atoms with Gasteiger partial charge in [-0.1, -0.05) is 285 Å². The molecule has 6 heteroatoms. The Bertz CT molecular complexity index is 1530. The van der Waals surface area contributed by atoms with Crippen LogP contribution in [-0.4, -0.2) is 37.2 Å². The van der Waals surface area contributed by atoms with Crippen LogP contribution < -0.4 is 0 Å². The third kappa shape index (κ3) is 63.2. The largest absolute Gasteiger partial charge is 0.462 e. The maximum Gasteiger partial charge on any atom is 0.306 e. The number of unbranched alkanes of at least 4 members (excludes halogenated alkanes) is 33. The molecule has 0 bridgehead atoms. The molecule has 448 valence electrons. The van der Waals surface area contributed by atoms with E-state index in [0.29, 0.717) is 19.3 Å². The Morgan fingerprint density at radius 2 is 0.526 bits per heavy atom. The van der Waals surface area contributed by atoms with Gasteiger partial charge in [0.25, 0.3) is 0 Å². The molecule has 0 spiro atoms. The number of hydrogen-bond acceptors (Lipinski definition) is 6. The first kappa shape index (κ1) is 74.3. The van der Waals surface area contributed by atoms with E-state index in [4.69, 9.17) is 14.2 Å². The lowest BCUT2D eigenvalue weighted by Crippen LogP contribution is -2.30. The van der Waals surface area contributed by atoms with Crippen LogP contribution in [0, 0.1) is 0 Å².